The number of aliphatic hydroxyl groups is 1. The quantitative estimate of drug-likeness (QED) is 0.102. The molecule has 0 unspecified atom stereocenters. The summed E-state index contributed by atoms with van der Waals surface area (Å²) in [6, 6.07) is -0.940. The van der Waals surface area contributed by atoms with E-state index in [1.807, 2.05) is 27.7 Å². The first-order valence-corrected chi connectivity index (χ1v) is 16.3. The van der Waals surface area contributed by atoms with Crippen LogP contribution < -0.4 is 10.6 Å². The second-order valence-electron chi connectivity index (χ2n) is 12.8. The zero-order valence-electron chi connectivity index (χ0n) is 26.7. The first kappa shape index (κ1) is 37.6. The summed E-state index contributed by atoms with van der Waals surface area (Å²) < 4.78 is 0. The van der Waals surface area contributed by atoms with Gasteiger partial charge in [-0.25, -0.2) is 0 Å². The minimum Gasteiger partial charge on any atom is -0.391 e. The summed E-state index contributed by atoms with van der Waals surface area (Å²) >= 11 is 0. The van der Waals surface area contributed by atoms with Gasteiger partial charge in [-0.15, -0.1) is 0 Å². The standard InChI is InChI=1S/C33H64N2O4/c1-8-9-10-11-12-13-14-15-16-17-18-19-20-21-32(38)35-30(23-26(4)5)31(37)24-29(22-25(2)3)33(39)34-27(6)28(7)36/h25-30,36H,8-24H2,1-7H3,(H,34,39)(H,35,38)/t27-,28-,29-,30+/m1/s1. The highest BCUT2D eigenvalue weighted by molar-refractivity contribution is 5.92. The Kier molecular flexibility index (Phi) is 22.4. The number of carbonyl (C=O) groups excluding carboxylic acids is 3. The van der Waals surface area contributed by atoms with Crippen molar-refractivity contribution in [1.29, 1.82) is 0 Å². The van der Waals surface area contributed by atoms with Crippen LogP contribution >= 0.6 is 0 Å². The van der Waals surface area contributed by atoms with Crippen molar-refractivity contribution in [3.8, 4) is 0 Å². The molecule has 0 saturated carbocycles. The molecular weight excluding hydrogens is 488 g/mol. The predicted octanol–water partition coefficient (Wildman–Crippen LogP) is 7.51. The second-order valence-corrected chi connectivity index (χ2v) is 12.8. The van der Waals surface area contributed by atoms with Crippen LogP contribution in [0.3, 0.4) is 0 Å². The molecule has 0 aliphatic rings. The number of ketones is 1. The molecule has 0 fully saturated rings. The molecule has 0 aromatic rings. The zero-order valence-corrected chi connectivity index (χ0v) is 26.7. The van der Waals surface area contributed by atoms with E-state index in [2.05, 4.69) is 17.6 Å². The number of amides is 2. The smallest absolute Gasteiger partial charge is 0.223 e. The van der Waals surface area contributed by atoms with Gasteiger partial charge >= 0.3 is 0 Å². The van der Waals surface area contributed by atoms with Gasteiger partial charge in [0.25, 0.3) is 0 Å². The molecule has 2 amide bonds. The zero-order chi connectivity index (χ0) is 29.6. The monoisotopic (exact) mass is 552 g/mol. The molecule has 0 aromatic heterocycles. The SMILES string of the molecule is CCCCCCCCCCCCCCCC(=O)N[C@@H](CC(C)C)C(=O)C[C@@H](CC(C)C)C(=O)N[C@H](C)[C@@H](C)O. The number of rotatable bonds is 25. The van der Waals surface area contributed by atoms with Crippen molar-refractivity contribution in [3.05, 3.63) is 0 Å². The molecule has 0 saturated heterocycles. The summed E-state index contributed by atoms with van der Waals surface area (Å²) in [6.45, 7) is 13.8. The van der Waals surface area contributed by atoms with Crippen molar-refractivity contribution in [2.24, 2.45) is 17.8 Å². The molecule has 0 aliphatic heterocycles. The molecule has 0 heterocycles. The molecular formula is C33H64N2O4. The van der Waals surface area contributed by atoms with Crippen LogP contribution in [-0.4, -0.2) is 40.9 Å². The van der Waals surface area contributed by atoms with Gasteiger partial charge in [-0.1, -0.05) is 112 Å². The molecule has 6 nitrogen and oxygen atoms in total. The van der Waals surface area contributed by atoms with Gasteiger partial charge in [0.15, 0.2) is 5.78 Å². The third kappa shape index (κ3) is 21.0. The van der Waals surface area contributed by atoms with Gasteiger partial charge in [0.2, 0.25) is 11.8 Å². The van der Waals surface area contributed by atoms with Crippen LogP contribution in [-0.2, 0) is 14.4 Å². The normalized spacial score (nSPS) is 14.7. The van der Waals surface area contributed by atoms with Crippen LogP contribution in [0.5, 0.6) is 0 Å². The molecule has 0 bridgehead atoms. The number of hydrogen-bond acceptors (Lipinski definition) is 4. The maximum absolute atomic E-state index is 13.3. The summed E-state index contributed by atoms with van der Waals surface area (Å²) in [4.78, 5) is 38.8. The maximum atomic E-state index is 13.3. The Balaban J connectivity index is 4.49. The van der Waals surface area contributed by atoms with E-state index in [1.54, 1.807) is 13.8 Å². The minimum atomic E-state index is -0.664. The number of aliphatic hydroxyl groups excluding tert-OH is 1. The molecule has 6 heteroatoms. The van der Waals surface area contributed by atoms with Gasteiger partial charge in [0.1, 0.15) is 0 Å². The summed E-state index contributed by atoms with van der Waals surface area (Å²) in [6.07, 6.45) is 17.5. The lowest BCUT2D eigenvalue weighted by Crippen LogP contribution is -2.46. The summed E-state index contributed by atoms with van der Waals surface area (Å²) in [5.41, 5.74) is 0. The molecule has 0 spiro atoms. The van der Waals surface area contributed by atoms with Gasteiger partial charge in [-0.2, -0.15) is 0 Å². The van der Waals surface area contributed by atoms with Crippen molar-refractivity contribution < 1.29 is 19.5 Å². The number of carbonyl (C=O) groups is 3. The Hall–Kier alpha value is -1.43. The van der Waals surface area contributed by atoms with E-state index in [1.165, 1.54) is 64.2 Å². The Labute approximate surface area is 241 Å². The van der Waals surface area contributed by atoms with Crippen LogP contribution in [0.25, 0.3) is 0 Å². The van der Waals surface area contributed by atoms with Crippen molar-refractivity contribution in [3.63, 3.8) is 0 Å². The fourth-order valence-electron chi connectivity index (χ4n) is 5.01. The van der Waals surface area contributed by atoms with Crippen LogP contribution in [0, 0.1) is 17.8 Å². The van der Waals surface area contributed by atoms with Crippen LogP contribution in [0.15, 0.2) is 0 Å². The maximum Gasteiger partial charge on any atom is 0.223 e. The predicted molar refractivity (Wildman–Crippen MR) is 164 cm³/mol. The number of unbranched alkanes of at least 4 members (excludes halogenated alkanes) is 12. The highest BCUT2D eigenvalue weighted by Gasteiger charge is 2.29. The highest BCUT2D eigenvalue weighted by atomic mass is 16.3. The third-order valence-corrected chi connectivity index (χ3v) is 7.61. The molecule has 0 rings (SSSR count). The first-order chi connectivity index (χ1) is 18.5. The largest absolute Gasteiger partial charge is 0.391 e. The van der Waals surface area contributed by atoms with Crippen molar-refractivity contribution in [2.75, 3.05) is 0 Å². The third-order valence-electron chi connectivity index (χ3n) is 7.61. The van der Waals surface area contributed by atoms with Crippen LogP contribution in [0.2, 0.25) is 0 Å². The average Bonchev–Trinajstić information content (AvgIpc) is 2.85. The molecule has 3 N–H and O–H groups in total. The first-order valence-electron chi connectivity index (χ1n) is 16.3. The fraction of sp³-hybridized carbons (Fsp3) is 0.909. The van der Waals surface area contributed by atoms with Gasteiger partial charge in [0.05, 0.1) is 18.2 Å². The summed E-state index contributed by atoms with van der Waals surface area (Å²) in [7, 11) is 0. The Morgan fingerprint density at radius 1 is 0.641 bits per heavy atom. The van der Waals surface area contributed by atoms with E-state index in [4.69, 9.17) is 0 Å². The van der Waals surface area contributed by atoms with Gasteiger partial charge in [-0.05, 0) is 44.9 Å². The lowest BCUT2D eigenvalue weighted by atomic mass is 9.87. The van der Waals surface area contributed by atoms with Crippen molar-refractivity contribution in [1.82, 2.24) is 10.6 Å². The van der Waals surface area contributed by atoms with Crippen LogP contribution in [0.4, 0.5) is 0 Å². The minimum absolute atomic E-state index is 0.0651. The Morgan fingerprint density at radius 2 is 1.10 bits per heavy atom. The summed E-state index contributed by atoms with van der Waals surface area (Å²) in [5, 5.41) is 15.6. The van der Waals surface area contributed by atoms with Gasteiger partial charge < -0.3 is 15.7 Å². The fourth-order valence-corrected chi connectivity index (χ4v) is 5.01. The van der Waals surface area contributed by atoms with E-state index in [0.717, 1.165) is 19.3 Å². The Bertz CT molecular complexity index is 648. The molecule has 0 aliphatic carbocycles. The van der Waals surface area contributed by atoms with Crippen LogP contribution in [0.1, 0.15) is 158 Å². The topological polar surface area (TPSA) is 95.5 Å². The summed E-state index contributed by atoms with van der Waals surface area (Å²) in [5.74, 6) is -0.303. The second kappa shape index (κ2) is 23.3. The molecule has 230 valence electrons. The van der Waals surface area contributed by atoms with Gasteiger partial charge in [0, 0.05) is 18.8 Å². The van der Waals surface area contributed by atoms with E-state index < -0.39 is 18.1 Å². The molecule has 39 heavy (non-hydrogen) atoms. The lowest BCUT2D eigenvalue weighted by molar-refractivity contribution is -0.133. The number of hydrogen-bond donors (Lipinski definition) is 3. The number of Topliss-reactive ketones (excluding diaryl/α,β-unsaturated/α-hetero) is 1. The average molecular weight is 553 g/mol. The van der Waals surface area contributed by atoms with E-state index in [-0.39, 0.29) is 41.9 Å². The number of nitrogens with one attached hydrogen (secondary N) is 2. The van der Waals surface area contributed by atoms with Crippen molar-refractivity contribution in [2.45, 2.75) is 176 Å². The van der Waals surface area contributed by atoms with E-state index in [9.17, 15) is 19.5 Å². The molecule has 4 atom stereocenters. The Morgan fingerprint density at radius 3 is 1.54 bits per heavy atom. The molecule has 0 aromatic carbocycles. The highest BCUT2D eigenvalue weighted by Crippen LogP contribution is 2.20. The lowest BCUT2D eigenvalue weighted by Gasteiger charge is -2.25. The van der Waals surface area contributed by atoms with Crippen molar-refractivity contribution >= 4 is 17.6 Å². The molecule has 0 radical (unpaired) electrons. The van der Waals surface area contributed by atoms with E-state index in [0.29, 0.717) is 19.3 Å². The van der Waals surface area contributed by atoms with E-state index >= 15 is 0 Å². The van der Waals surface area contributed by atoms with Gasteiger partial charge in [-0.3, -0.25) is 14.4 Å².